The topological polar surface area (TPSA) is 40.7 Å². The number of halogens is 1. The maximum absolute atomic E-state index is 6.03. The molecule has 0 radical (unpaired) electrons. The first-order valence-electron chi connectivity index (χ1n) is 4.04. The molecule has 0 atom stereocenters. The first-order valence-corrected chi connectivity index (χ1v) is 4.41. The van der Waals surface area contributed by atoms with E-state index in [0.29, 0.717) is 5.02 Å². The SMILES string of the molecule is CNc1c(C)cc(Cl)c2[nH]ncc12. The third-order valence-corrected chi connectivity index (χ3v) is 2.43. The fourth-order valence-electron chi connectivity index (χ4n) is 1.54. The van der Waals surface area contributed by atoms with E-state index in [4.69, 9.17) is 11.6 Å². The number of aromatic nitrogens is 2. The van der Waals surface area contributed by atoms with Gasteiger partial charge in [-0.2, -0.15) is 5.10 Å². The summed E-state index contributed by atoms with van der Waals surface area (Å²) < 4.78 is 0. The monoisotopic (exact) mass is 195 g/mol. The number of H-pyrrole nitrogens is 1. The number of rotatable bonds is 1. The van der Waals surface area contributed by atoms with Crippen molar-refractivity contribution >= 4 is 28.2 Å². The highest BCUT2D eigenvalue weighted by atomic mass is 35.5. The average Bonchev–Trinajstić information content (AvgIpc) is 2.53. The minimum Gasteiger partial charge on any atom is -0.387 e. The molecular formula is C9H10ClN3. The van der Waals surface area contributed by atoms with Gasteiger partial charge < -0.3 is 5.32 Å². The van der Waals surface area contributed by atoms with Crippen LogP contribution in [0.3, 0.4) is 0 Å². The zero-order valence-electron chi connectivity index (χ0n) is 7.48. The Morgan fingerprint density at radius 3 is 3.00 bits per heavy atom. The van der Waals surface area contributed by atoms with Gasteiger partial charge in [-0.05, 0) is 18.6 Å². The molecule has 4 heteroatoms. The number of hydrogen-bond donors (Lipinski definition) is 2. The molecule has 0 unspecified atom stereocenters. The van der Waals surface area contributed by atoms with Gasteiger partial charge in [0.1, 0.15) is 0 Å². The summed E-state index contributed by atoms with van der Waals surface area (Å²) in [5, 5.41) is 11.7. The molecule has 0 bridgehead atoms. The third-order valence-electron chi connectivity index (χ3n) is 2.14. The molecule has 0 fully saturated rings. The van der Waals surface area contributed by atoms with Crippen LogP contribution in [-0.4, -0.2) is 17.2 Å². The van der Waals surface area contributed by atoms with Gasteiger partial charge in [0, 0.05) is 18.1 Å². The van der Waals surface area contributed by atoms with Crippen LogP contribution in [0, 0.1) is 6.92 Å². The Morgan fingerprint density at radius 1 is 1.54 bits per heavy atom. The van der Waals surface area contributed by atoms with E-state index in [9.17, 15) is 0 Å². The number of anilines is 1. The Hall–Kier alpha value is -1.22. The van der Waals surface area contributed by atoms with Gasteiger partial charge in [-0.1, -0.05) is 11.6 Å². The van der Waals surface area contributed by atoms with Crippen LogP contribution in [0.2, 0.25) is 5.02 Å². The second-order valence-corrected chi connectivity index (χ2v) is 3.37. The lowest BCUT2D eigenvalue weighted by atomic mass is 10.1. The lowest BCUT2D eigenvalue weighted by Crippen LogP contribution is -1.92. The molecule has 0 amide bonds. The van der Waals surface area contributed by atoms with Gasteiger partial charge in [-0.25, -0.2) is 0 Å². The van der Waals surface area contributed by atoms with Crippen molar-refractivity contribution in [3.8, 4) is 0 Å². The number of nitrogens with zero attached hydrogens (tertiary/aromatic N) is 1. The number of aryl methyl sites for hydroxylation is 1. The molecule has 0 aliphatic heterocycles. The quantitative estimate of drug-likeness (QED) is 0.735. The van der Waals surface area contributed by atoms with Gasteiger partial charge in [0.25, 0.3) is 0 Å². The van der Waals surface area contributed by atoms with E-state index in [0.717, 1.165) is 22.2 Å². The van der Waals surface area contributed by atoms with Crippen molar-refractivity contribution in [1.82, 2.24) is 10.2 Å². The number of fused-ring (bicyclic) bond motifs is 1. The van der Waals surface area contributed by atoms with E-state index in [-0.39, 0.29) is 0 Å². The molecule has 0 aliphatic carbocycles. The van der Waals surface area contributed by atoms with Gasteiger partial charge in [-0.3, -0.25) is 5.10 Å². The van der Waals surface area contributed by atoms with E-state index < -0.39 is 0 Å². The van der Waals surface area contributed by atoms with E-state index >= 15 is 0 Å². The smallest absolute Gasteiger partial charge is 0.0857 e. The van der Waals surface area contributed by atoms with Gasteiger partial charge in [0.15, 0.2) is 0 Å². The fourth-order valence-corrected chi connectivity index (χ4v) is 1.84. The Labute approximate surface area is 81.1 Å². The van der Waals surface area contributed by atoms with Crippen LogP contribution in [-0.2, 0) is 0 Å². The van der Waals surface area contributed by atoms with E-state index in [2.05, 4.69) is 15.5 Å². The molecule has 13 heavy (non-hydrogen) atoms. The maximum atomic E-state index is 6.03. The predicted octanol–water partition coefficient (Wildman–Crippen LogP) is 2.57. The molecule has 0 aliphatic rings. The van der Waals surface area contributed by atoms with Gasteiger partial charge in [0.2, 0.25) is 0 Å². The van der Waals surface area contributed by atoms with Crippen LogP contribution in [0.15, 0.2) is 12.3 Å². The molecular weight excluding hydrogens is 186 g/mol. The van der Waals surface area contributed by atoms with Gasteiger partial charge in [-0.15, -0.1) is 0 Å². The summed E-state index contributed by atoms with van der Waals surface area (Å²) in [6.07, 6.45) is 1.78. The highest BCUT2D eigenvalue weighted by Crippen LogP contribution is 2.30. The van der Waals surface area contributed by atoms with Gasteiger partial charge in [0.05, 0.1) is 16.7 Å². The molecule has 3 nitrogen and oxygen atoms in total. The van der Waals surface area contributed by atoms with Crippen molar-refractivity contribution in [2.45, 2.75) is 6.92 Å². The zero-order valence-corrected chi connectivity index (χ0v) is 8.24. The number of benzene rings is 1. The van der Waals surface area contributed by atoms with Crippen LogP contribution < -0.4 is 5.32 Å². The van der Waals surface area contributed by atoms with Crippen LogP contribution in [0.4, 0.5) is 5.69 Å². The van der Waals surface area contributed by atoms with Crippen molar-refractivity contribution in [2.75, 3.05) is 12.4 Å². The molecule has 1 aromatic heterocycles. The Balaban J connectivity index is 2.88. The Kier molecular flexibility index (Phi) is 1.88. The molecule has 2 aromatic rings. The maximum Gasteiger partial charge on any atom is 0.0857 e. The lowest BCUT2D eigenvalue weighted by molar-refractivity contribution is 1.12. The largest absolute Gasteiger partial charge is 0.387 e. The number of hydrogen-bond acceptors (Lipinski definition) is 2. The summed E-state index contributed by atoms with van der Waals surface area (Å²) in [7, 11) is 1.89. The summed E-state index contributed by atoms with van der Waals surface area (Å²) >= 11 is 6.03. The second kappa shape index (κ2) is 2.92. The minimum absolute atomic E-state index is 0.712. The third kappa shape index (κ3) is 1.16. The summed E-state index contributed by atoms with van der Waals surface area (Å²) in [5.41, 5.74) is 3.09. The molecule has 2 N–H and O–H groups in total. The van der Waals surface area contributed by atoms with Crippen molar-refractivity contribution in [3.05, 3.63) is 22.8 Å². The lowest BCUT2D eigenvalue weighted by Gasteiger charge is -2.06. The zero-order chi connectivity index (χ0) is 9.42. The van der Waals surface area contributed by atoms with Crippen molar-refractivity contribution in [3.63, 3.8) is 0 Å². The second-order valence-electron chi connectivity index (χ2n) is 2.96. The van der Waals surface area contributed by atoms with Crippen LogP contribution in [0.1, 0.15) is 5.56 Å². The Morgan fingerprint density at radius 2 is 2.31 bits per heavy atom. The van der Waals surface area contributed by atoms with Gasteiger partial charge >= 0.3 is 0 Å². The van der Waals surface area contributed by atoms with Crippen LogP contribution in [0.25, 0.3) is 10.9 Å². The van der Waals surface area contributed by atoms with E-state index in [1.165, 1.54) is 0 Å². The summed E-state index contributed by atoms with van der Waals surface area (Å²) in [5.74, 6) is 0. The highest BCUT2D eigenvalue weighted by Gasteiger charge is 2.08. The number of aromatic amines is 1. The molecule has 0 spiro atoms. The molecule has 68 valence electrons. The minimum atomic E-state index is 0.712. The molecule has 1 aromatic carbocycles. The highest BCUT2D eigenvalue weighted by molar-refractivity contribution is 6.35. The fraction of sp³-hybridized carbons (Fsp3) is 0.222. The van der Waals surface area contributed by atoms with Crippen LogP contribution in [0.5, 0.6) is 0 Å². The predicted molar refractivity (Wildman–Crippen MR) is 55.4 cm³/mol. The number of nitrogens with one attached hydrogen (secondary N) is 2. The standard InChI is InChI=1S/C9H10ClN3/c1-5-3-7(10)9-6(4-12-13-9)8(5)11-2/h3-4,11H,1-2H3,(H,12,13). The summed E-state index contributed by atoms with van der Waals surface area (Å²) in [6.45, 7) is 2.02. The van der Waals surface area contributed by atoms with E-state index in [1.54, 1.807) is 6.20 Å². The Bertz CT molecular complexity index is 447. The molecule has 1 heterocycles. The molecule has 0 saturated carbocycles. The molecule has 2 rings (SSSR count). The van der Waals surface area contributed by atoms with Crippen molar-refractivity contribution in [2.24, 2.45) is 0 Å². The summed E-state index contributed by atoms with van der Waals surface area (Å²) in [4.78, 5) is 0. The van der Waals surface area contributed by atoms with Crippen molar-refractivity contribution in [1.29, 1.82) is 0 Å². The van der Waals surface area contributed by atoms with E-state index in [1.807, 2.05) is 20.0 Å². The average molecular weight is 196 g/mol. The normalized spacial score (nSPS) is 10.7. The van der Waals surface area contributed by atoms with Crippen molar-refractivity contribution < 1.29 is 0 Å². The first kappa shape index (κ1) is 8.38. The summed E-state index contributed by atoms with van der Waals surface area (Å²) in [6, 6.07) is 1.92. The van der Waals surface area contributed by atoms with Crippen LogP contribution >= 0.6 is 11.6 Å². The first-order chi connectivity index (χ1) is 6.24. The molecule has 0 saturated heterocycles.